The molecule has 0 aliphatic rings. The summed E-state index contributed by atoms with van der Waals surface area (Å²) in [6.07, 6.45) is 2.16. The van der Waals surface area contributed by atoms with Crippen molar-refractivity contribution in [2.24, 2.45) is 28.7 Å². The number of carbonyl (C=O) groups is 4. The summed E-state index contributed by atoms with van der Waals surface area (Å²) in [5, 5.41) is 39.4. The normalized spacial score (nSPS) is 11.0. The zero-order valence-electron chi connectivity index (χ0n) is 14.9. The minimum Gasteiger partial charge on any atom is -0.480 e. The van der Waals surface area contributed by atoms with E-state index in [1.54, 1.807) is 0 Å². The molecule has 0 amide bonds. The fourth-order valence-electron chi connectivity index (χ4n) is 0.710. The summed E-state index contributed by atoms with van der Waals surface area (Å²) in [5.41, 5.74) is 24.3. The average Bonchev–Trinajstić information content (AvgIpc) is 2.62. The highest BCUT2D eigenvalue weighted by Crippen LogP contribution is 1.96. The number of rotatable bonds is 9. The summed E-state index contributed by atoms with van der Waals surface area (Å²) >= 11 is 0. The summed E-state index contributed by atoms with van der Waals surface area (Å²) in [7, 11) is 0. The first-order chi connectivity index (χ1) is 12.4. The molecule has 0 fully saturated rings. The lowest BCUT2D eigenvalue weighted by Crippen LogP contribution is -2.33. The van der Waals surface area contributed by atoms with Gasteiger partial charge in [-0.15, -0.1) is 0 Å². The molecule has 0 unspecified atom stereocenters. The number of carboxylic acids is 4. The predicted molar refractivity (Wildman–Crippen MR) is 94.6 cm³/mol. The lowest BCUT2D eigenvalue weighted by molar-refractivity contribution is -0.140. The molecule has 0 aliphatic carbocycles. The Morgan fingerprint density at radius 1 is 0.704 bits per heavy atom. The molecular formula is C13H31N5O9. The lowest BCUT2D eigenvalue weighted by atomic mass is 10.1. The van der Waals surface area contributed by atoms with E-state index in [4.69, 9.17) is 42.7 Å². The zero-order chi connectivity index (χ0) is 22.4. The van der Waals surface area contributed by atoms with Gasteiger partial charge < -0.3 is 54.2 Å². The van der Waals surface area contributed by atoms with Gasteiger partial charge in [-0.3, -0.25) is 19.2 Å². The van der Waals surface area contributed by atoms with Gasteiger partial charge in [0.1, 0.15) is 12.1 Å². The summed E-state index contributed by atoms with van der Waals surface area (Å²) in [4.78, 5) is 38.3. The van der Waals surface area contributed by atoms with Crippen molar-refractivity contribution in [3.05, 3.63) is 0 Å². The molecule has 2 atom stereocenters. The van der Waals surface area contributed by atoms with Crippen molar-refractivity contribution in [2.45, 2.75) is 31.3 Å². The summed E-state index contributed by atoms with van der Waals surface area (Å²) in [6, 6.07) is -1.84. The largest absolute Gasteiger partial charge is 0.480 e. The molecule has 0 aliphatic heterocycles. The van der Waals surface area contributed by atoms with Crippen molar-refractivity contribution in [2.75, 3.05) is 26.2 Å². The Morgan fingerprint density at radius 2 is 1.04 bits per heavy atom. The molecule has 0 radical (unpaired) electrons. The molecule has 15 N–H and O–H groups in total. The second kappa shape index (κ2) is 23.6. The molecule has 27 heavy (non-hydrogen) atoms. The van der Waals surface area contributed by atoms with Gasteiger partial charge in [-0.25, -0.2) is 0 Å². The van der Waals surface area contributed by atoms with Gasteiger partial charge in [-0.1, -0.05) is 6.42 Å². The number of hydrogen-bond donors (Lipinski definition) is 10. The highest BCUT2D eigenvalue weighted by Gasteiger charge is 2.09. The van der Waals surface area contributed by atoms with E-state index in [-0.39, 0.29) is 13.1 Å². The number of aliphatic hydroxyl groups is 1. The van der Waals surface area contributed by atoms with Gasteiger partial charge in [0.2, 0.25) is 0 Å². The van der Waals surface area contributed by atoms with Crippen LogP contribution in [0.15, 0.2) is 0 Å². The maximum atomic E-state index is 10.1. The SMILES string of the molecule is NCC(=O)O.NCC(=O)O.NCCCC[C@H](N)C(=O)O.N[C@@H](CO)C(=O)O. The first-order valence-corrected chi connectivity index (χ1v) is 7.52. The molecule has 162 valence electrons. The van der Waals surface area contributed by atoms with Crippen LogP contribution in [-0.2, 0) is 19.2 Å². The van der Waals surface area contributed by atoms with E-state index in [9.17, 15) is 19.2 Å². The third kappa shape index (κ3) is 40.0. The van der Waals surface area contributed by atoms with Gasteiger partial charge in [0, 0.05) is 0 Å². The van der Waals surface area contributed by atoms with Gasteiger partial charge in [0.15, 0.2) is 0 Å². The number of carboxylic acid groups (broad SMARTS) is 4. The smallest absolute Gasteiger partial charge is 0.322 e. The molecule has 0 aromatic heterocycles. The van der Waals surface area contributed by atoms with E-state index in [1.165, 1.54) is 0 Å². The average molecular weight is 401 g/mol. The molecule has 14 nitrogen and oxygen atoms in total. The number of aliphatic hydroxyl groups excluding tert-OH is 1. The van der Waals surface area contributed by atoms with Crippen LogP contribution in [0, 0.1) is 0 Å². The Kier molecular flexibility index (Phi) is 28.3. The predicted octanol–water partition coefficient (Wildman–Crippen LogP) is -4.02. The molecule has 0 bridgehead atoms. The van der Waals surface area contributed by atoms with Crippen LogP contribution in [0.1, 0.15) is 19.3 Å². The van der Waals surface area contributed by atoms with Crippen LogP contribution in [0.4, 0.5) is 0 Å². The van der Waals surface area contributed by atoms with Crippen LogP contribution in [-0.4, -0.2) is 87.7 Å². The molecule has 0 heterocycles. The quantitative estimate of drug-likeness (QED) is 0.164. The minimum absolute atomic E-state index is 0.278. The maximum absolute atomic E-state index is 10.1. The fourth-order valence-corrected chi connectivity index (χ4v) is 0.710. The summed E-state index contributed by atoms with van der Waals surface area (Å²) in [6.45, 7) is -0.457. The van der Waals surface area contributed by atoms with Crippen LogP contribution in [0.25, 0.3) is 0 Å². The molecule has 0 saturated heterocycles. The first kappa shape index (κ1) is 32.3. The van der Waals surface area contributed by atoms with E-state index >= 15 is 0 Å². The fraction of sp³-hybridized carbons (Fsp3) is 0.692. The van der Waals surface area contributed by atoms with Gasteiger partial charge in [-0.2, -0.15) is 0 Å². The van der Waals surface area contributed by atoms with Crippen LogP contribution >= 0.6 is 0 Å². The Labute approximate surface area is 155 Å². The molecule has 0 saturated carbocycles. The van der Waals surface area contributed by atoms with Gasteiger partial charge in [0.05, 0.1) is 19.7 Å². The van der Waals surface area contributed by atoms with Crippen molar-refractivity contribution in [3.8, 4) is 0 Å². The third-order valence-electron chi connectivity index (χ3n) is 2.15. The monoisotopic (exact) mass is 401 g/mol. The van der Waals surface area contributed by atoms with Crippen LogP contribution in [0.5, 0.6) is 0 Å². The van der Waals surface area contributed by atoms with E-state index in [1.807, 2.05) is 0 Å². The van der Waals surface area contributed by atoms with Crippen LogP contribution in [0.2, 0.25) is 0 Å². The molecule has 0 rings (SSSR count). The second-order valence-corrected chi connectivity index (χ2v) is 4.55. The Hall–Kier alpha value is -2.36. The van der Waals surface area contributed by atoms with Gasteiger partial charge >= 0.3 is 23.9 Å². The first-order valence-electron chi connectivity index (χ1n) is 7.52. The number of unbranched alkanes of at least 4 members (excludes halogenated alkanes) is 1. The highest BCUT2D eigenvalue weighted by molar-refractivity contribution is 5.73. The molecular weight excluding hydrogens is 370 g/mol. The standard InChI is InChI=1S/C6H14N2O2.C3H7NO3.2C2H5NO2/c7-4-2-1-3-5(8)6(9)10;4-2(1-5)3(6)7;2*3-1-2(4)5/h5H,1-4,7-8H2,(H,9,10);2,5H,1,4H2,(H,6,7);2*1,3H2,(H,4,5)/t5-;2-;;/m00../s1. The summed E-state index contributed by atoms with van der Waals surface area (Å²) in [5.74, 6) is -4.05. The van der Waals surface area contributed by atoms with E-state index in [0.29, 0.717) is 13.0 Å². The second-order valence-electron chi connectivity index (χ2n) is 4.55. The van der Waals surface area contributed by atoms with Crippen molar-refractivity contribution in [1.82, 2.24) is 0 Å². The highest BCUT2D eigenvalue weighted by atomic mass is 16.4. The Morgan fingerprint density at radius 3 is 1.19 bits per heavy atom. The van der Waals surface area contributed by atoms with Gasteiger partial charge in [0.25, 0.3) is 0 Å². The number of hydrogen-bond acceptors (Lipinski definition) is 10. The summed E-state index contributed by atoms with van der Waals surface area (Å²) < 4.78 is 0. The number of aliphatic carboxylic acids is 4. The van der Waals surface area contributed by atoms with Crippen molar-refractivity contribution in [3.63, 3.8) is 0 Å². The van der Waals surface area contributed by atoms with Gasteiger partial charge in [-0.05, 0) is 19.4 Å². The molecule has 0 aromatic carbocycles. The lowest BCUT2D eigenvalue weighted by Gasteiger charge is -2.03. The van der Waals surface area contributed by atoms with E-state index in [2.05, 4.69) is 11.5 Å². The van der Waals surface area contributed by atoms with E-state index in [0.717, 1.165) is 12.8 Å². The topological polar surface area (TPSA) is 300 Å². The molecule has 14 heteroatoms. The van der Waals surface area contributed by atoms with Crippen molar-refractivity contribution < 1.29 is 44.7 Å². The Bertz CT molecular complexity index is 396. The Balaban J connectivity index is -0.000000137. The molecule has 0 spiro atoms. The maximum Gasteiger partial charge on any atom is 0.322 e. The molecule has 0 aromatic rings. The van der Waals surface area contributed by atoms with Crippen LogP contribution in [0.3, 0.4) is 0 Å². The zero-order valence-corrected chi connectivity index (χ0v) is 14.9. The van der Waals surface area contributed by atoms with Crippen molar-refractivity contribution >= 4 is 23.9 Å². The third-order valence-corrected chi connectivity index (χ3v) is 2.15. The number of nitrogens with two attached hydrogens (primary N) is 5. The van der Waals surface area contributed by atoms with Crippen LogP contribution < -0.4 is 28.7 Å². The van der Waals surface area contributed by atoms with Crippen molar-refractivity contribution in [1.29, 1.82) is 0 Å². The van der Waals surface area contributed by atoms with E-state index < -0.39 is 42.6 Å². The minimum atomic E-state index is -1.18.